The van der Waals surface area contributed by atoms with Crippen LogP contribution in [0.4, 0.5) is 5.69 Å². The second kappa shape index (κ2) is 6.80. The zero-order chi connectivity index (χ0) is 12.8. The molecule has 0 atom stereocenters. The molecule has 1 aromatic carbocycles. The monoisotopic (exact) mass is 297 g/mol. The van der Waals surface area contributed by atoms with Crippen LogP contribution in [-0.4, -0.2) is 19.4 Å². The van der Waals surface area contributed by atoms with Gasteiger partial charge in [0.05, 0.1) is 0 Å². The van der Waals surface area contributed by atoms with Crippen LogP contribution in [0.25, 0.3) is 0 Å². The molecule has 0 aliphatic rings. The average molecular weight is 298 g/mol. The van der Waals surface area contributed by atoms with Crippen molar-refractivity contribution < 1.29 is 4.79 Å². The summed E-state index contributed by atoms with van der Waals surface area (Å²) in [6.45, 7) is 4.80. The van der Waals surface area contributed by atoms with Crippen molar-refractivity contribution in [3.8, 4) is 0 Å². The molecule has 1 rings (SSSR count). The van der Waals surface area contributed by atoms with Crippen molar-refractivity contribution in [1.82, 2.24) is 0 Å². The van der Waals surface area contributed by atoms with E-state index >= 15 is 0 Å². The molecule has 0 fully saturated rings. The Hall–Kier alpha value is -0.830. The molecule has 3 heteroatoms. The number of nitrogens with zero attached hydrogens (tertiary/aromatic N) is 1. The van der Waals surface area contributed by atoms with E-state index in [0.717, 1.165) is 28.7 Å². The van der Waals surface area contributed by atoms with E-state index in [-0.39, 0.29) is 5.78 Å². The number of Topliss-reactive ketones (excluding diaryl/α,β-unsaturated/α-hetero) is 1. The summed E-state index contributed by atoms with van der Waals surface area (Å²) in [4.78, 5) is 13.7. The van der Waals surface area contributed by atoms with Crippen LogP contribution in [-0.2, 0) is 0 Å². The minimum atomic E-state index is 0.120. The van der Waals surface area contributed by atoms with Crippen molar-refractivity contribution >= 4 is 27.4 Å². The zero-order valence-corrected chi connectivity index (χ0v) is 12.4. The molecule has 0 unspecified atom stereocenters. The number of rotatable bonds is 6. The smallest absolute Gasteiger partial charge is 0.161 e. The molecular formula is C14H20BrNO. The summed E-state index contributed by atoms with van der Waals surface area (Å²) in [5.74, 6) is 0.120. The molecule has 0 aromatic heterocycles. The molecule has 0 amide bonds. The summed E-state index contributed by atoms with van der Waals surface area (Å²) >= 11 is 3.46. The Balaban J connectivity index is 2.86. The molecule has 0 aliphatic carbocycles. The van der Waals surface area contributed by atoms with Gasteiger partial charge in [-0.15, -0.1) is 0 Å². The van der Waals surface area contributed by atoms with E-state index < -0.39 is 0 Å². The van der Waals surface area contributed by atoms with Gasteiger partial charge in [0, 0.05) is 29.3 Å². The van der Waals surface area contributed by atoms with E-state index in [9.17, 15) is 4.79 Å². The Labute approximate surface area is 112 Å². The highest BCUT2D eigenvalue weighted by Crippen LogP contribution is 2.25. The molecule has 0 saturated heterocycles. The molecule has 0 spiro atoms. The lowest BCUT2D eigenvalue weighted by atomic mass is 10.1. The van der Waals surface area contributed by atoms with Crippen molar-refractivity contribution in [3.63, 3.8) is 0 Å². The van der Waals surface area contributed by atoms with Gasteiger partial charge in [-0.1, -0.05) is 35.7 Å². The summed E-state index contributed by atoms with van der Waals surface area (Å²) in [5, 5.41) is 0. The first-order valence-corrected chi connectivity index (χ1v) is 6.87. The largest absolute Gasteiger partial charge is 0.374 e. The first kappa shape index (κ1) is 14.2. The quantitative estimate of drug-likeness (QED) is 0.577. The maximum atomic E-state index is 11.6. The third-order valence-corrected chi connectivity index (χ3v) is 3.34. The summed E-state index contributed by atoms with van der Waals surface area (Å²) in [7, 11) is 2.05. The van der Waals surface area contributed by atoms with Gasteiger partial charge in [-0.25, -0.2) is 0 Å². The Morgan fingerprint density at radius 3 is 2.65 bits per heavy atom. The first-order chi connectivity index (χ1) is 8.06. The van der Waals surface area contributed by atoms with E-state index in [1.165, 1.54) is 12.8 Å². The number of benzene rings is 1. The molecule has 94 valence electrons. The number of halogens is 1. The summed E-state index contributed by atoms with van der Waals surface area (Å²) in [6.07, 6.45) is 3.61. The molecule has 0 aliphatic heterocycles. The van der Waals surface area contributed by atoms with Crippen LogP contribution in [0, 0.1) is 0 Å². The van der Waals surface area contributed by atoms with Crippen LogP contribution >= 0.6 is 15.9 Å². The fourth-order valence-corrected chi connectivity index (χ4v) is 2.19. The van der Waals surface area contributed by atoms with Crippen molar-refractivity contribution in [2.45, 2.75) is 33.1 Å². The van der Waals surface area contributed by atoms with Crippen LogP contribution in [0.1, 0.15) is 43.5 Å². The number of hydrogen-bond donors (Lipinski definition) is 0. The fourth-order valence-electron chi connectivity index (χ4n) is 1.84. The molecule has 0 N–H and O–H groups in total. The second-order valence-corrected chi connectivity index (χ2v) is 5.26. The Morgan fingerprint density at radius 1 is 1.35 bits per heavy atom. The average Bonchev–Trinajstić information content (AvgIpc) is 2.28. The number of ketones is 1. The number of hydrogen-bond acceptors (Lipinski definition) is 2. The van der Waals surface area contributed by atoms with Crippen LogP contribution in [0.3, 0.4) is 0 Å². The standard InChI is InChI=1S/C14H20BrNO/c1-4-5-6-9-16(3)14-10-12(15)7-8-13(14)11(2)17/h7-8,10H,4-6,9H2,1-3H3. The highest BCUT2D eigenvalue weighted by molar-refractivity contribution is 9.10. The topological polar surface area (TPSA) is 20.3 Å². The van der Waals surface area contributed by atoms with Crippen molar-refractivity contribution in [2.75, 3.05) is 18.5 Å². The molecule has 0 radical (unpaired) electrons. The molecule has 2 nitrogen and oxygen atoms in total. The van der Waals surface area contributed by atoms with Crippen LogP contribution < -0.4 is 4.90 Å². The lowest BCUT2D eigenvalue weighted by molar-refractivity contribution is 0.101. The van der Waals surface area contributed by atoms with Crippen molar-refractivity contribution in [1.29, 1.82) is 0 Å². The van der Waals surface area contributed by atoms with Gasteiger partial charge in [0.2, 0.25) is 0 Å². The van der Waals surface area contributed by atoms with Gasteiger partial charge in [0.15, 0.2) is 5.78 Å². The normalized spacial score (nSPS) is 10.4. The van der Waals surface area contributed by atoms with Gasteiger partial charge < -0.3 is 4.90 Å². The van der Waals surface area contributed by atoms with Gasteiger partial charge in [-0.2, -0.15) is 0 Å². The predicted molar refractivity (Wildman–Crippen MR) is 76.9 cm³/mol. The number of carbonyl (C=O) groups excluding carboxylic acids is 1. The molecule has 17 heavy (non-hydrogen) atoms. The summed E-state index contributed by atoms with van der Waals surface area (Å²) in [6, 6.07) is 5.82. The summed E-state index contributed by atoms with van der Waals surface area (Å²) in [5.41, 5.74) is 1.81. The number of unbranched alkanes of at least 4 members (excludes halogenated alkanes) is 2. The third-order valence-electron chi connectivity index (χ3n) is 2.85. The second-order valence-electron chi connectivity index (χ2n) is 4.35. The maximum Gasteiger partial charge on any atom is 0.161 e. The van der Waals surface area contributed by atoms with Crippen LogP contribution in [0.15, 0.2) is 22.7 Å². The Kier molecular flexibility index (Phi) is 5.69. The number of carbonyl (C=O) groups is 1. The highest BCUT2D eigenvalue weighted by atomic mass is 79.9. The van der Waals surface area contributed by atoms with Crippen molar-refractivity contribution in [3.05, 3.63) is 28.2 Å². The van der Waals surface area contributed by atoms with Gasteiger partial charge in [-0.3, -0.25) is 4.79 Å². The number of anilines is 1. The van der Waals surface area contributed by atoms with Crippen LogP contribution in [0.2, 0.25) is 0 Å². The fraction of sp³-hybridized carbons (Fsp3) is 0.500. The molecule has 0 saturated carbocycles. The Bertz CT molecular complexity index is 390. The minimum Gasteiger partial charge on any atom is -0.374 e. The summed E-state index contributed by atoms with van der Waals surface area (Å²) < 4.78 is 1.01. The highest BCUT2D eigenvalue weighted by Gasteiger charge is 2.11. The van der Waals surface area contributed by atoms with Crippen LogP contribution in [0.5, 0.6) is 0 Å². The lowest BCUT2D eigenvalue weighted by Crippen LogP contribution is -2.20. The minimum absolute atomic E-state index is 0.120. The van der Waals surface area contributed by atoms with Crippen molar-refractivity contribution in [2.24, 2.45) is 0 Å². The first-order valence-electron chi connectivity index (χ1n) is 6.08. The maximum absolute atomic E-state index is 11.6. The zero-order valence-electron chi connectivity index (χ0n) is 10.8. The SMILES string of the molecule is CCCCCN(C)c1cc(Br)ccc1C(C)=O. The van der Waals surface area contributed by atoms with Gasteiger partial charge >= 0.3 is 0 Å². The Morgan fingerprint density at radius 2 is 2.06 bits per heavy atom. The predicted octanol–water partition coefficient (Wildman–Crippen LogP) is 4.28. The molecule has 0 heterocycles. The third kappa shape index (κ3) is 4.15. The molecule has 1 aromatic rings. The van der Waals surface area contributed by atoms with E-state index in [0.29, 0.717) is 0 Å². The molecular weight excluding hydrogens is 278 g/mol. The van der Waals surface area contributed by atoms with Gasteiger partial charge in [-0.05, 0) is 31.5 Å². The van der Waals surface area contributed by atoms with Gasteiger partial charge in [0.1, 0.15) is 0 Å². The van der Waals surface area contributed by atoms with E-state index in [4.69, 9.17) is 0 Å². The molecule has 0 bridgehead atoms. The van der Waals surface area contributed by atoms with E-state index in [1.807, 2.05) is 25.2 Å². The van der Waals surface area contributed by atoms with E-state index in [1.54, 1.807) is 6.92 Å². The lowest BCUT2D eigenvalue weighted by Gasteiger charge is -2.22. The van der Waals surface area contributed by atoms with E-state index in [2.05, 4.69) is 27.8 Å². The van der Waals surface area contributed by atoms with Gasteiger partial charge in [0.25, 0.3) is 0 Å².